The van der Waals surface area contributed by atoms with Gasteiger partial charge >= 0.3 is 18.9 Å². The second kappa shape index (κ2) is 9.14. The molecular weight excluding hydrogens is 223 g/mol. The van der Waals surface area contributed by atoms with Crippen LogP contribution in [-0.2, 0) is 14.4 Å². The molecule has 0 amide bonds. The first-order chi connectivity index (χ1) is 5.78. The summed E-state index contributed by atoms with van der Waals surface area (Å²) < 4.78 is 0. The molecule has 0 spiro atoms. The van der Waals surface area contributed by atoms with Gasteiger partial charge in [-0.25, -0.2) is 0 Å². The van der Waals surface area contributed by atoms with Gasteiger partial charge in [-0.2, -0.15) is 0 Å². The molecule has 0 saturated carbocycles. The van der Waals surface area contributed by atoms with Gasteiger partial charge in [0.15, 0.2) is 0 Å². The van der Waals surface area contributed by atoms with Crippen LogP contribution in [0.3, 0.4) is 0 Å². The molecule has 10 heteroatoms. The molecule has 0 unspecified atom stereocenters. The number of hydrogen-bond acceptors (Lipinski definition) is 7. The Morgan fingerprint density at radius 2 is 1.19 bits per heavy atom. The summed E-state index contributed by atoms with van der Waals surface area (Å²) >= 11 is 0. The molecule has 0 saturated heterocycles. The number of hydrogen-bond donors (Lipinski definition) is 1. The predicted molar refractivity (Wildman–Crippen MR) is 36.4 cm³/mol. The predicted octanol–water partition coefficient (Wildman–Crippen LogP) is -9.90. The topological polar surface area (TPSA) is 204 Å². The van der Waals surface area contributed by atoms with E-state index in [2.05, 4.69) is 0 Å². The quantitative estimate of drug-likeness (QED) is 0.452. The van der Waals surface area contributed by atoms with E-state index in [1.165, 1.54) is 0 Å². The van der Waals surface area contributed by atoms with Crippen LogP contribution in [0.25, 0.3) is 0 Å². The van der Waals surface area contributed by atoms with Crippen molar-refractivity contribution in [2.45, 2.75) is 18.4 Å². The second-order valence-corrected chi connectivity index (χ2v) is 2.42. The fourth-order valence-electron chi connectivity index (χ4n) is 0.684. The van der Waals surface area contributed by atoms with Gasteiger partial charge in [-0.15, -0.1) is 0 Å². The van der Waals surface area contributed by atoms with Crippen LogP contribution in [0.2, 0.25) is 0 Å². The molecule has 0 aliphatic heterocycles. The maximum atomic E-state index is 10.1. The Morgan fingerprint density at radius 3 is 1.31 bits per heavy atom. The zero-order chi connectivity index (χ0) is 10.6. The molecule has 16 heavy (non-hydrogen) atoms. The second-order valence-electron chi connectivity index (χ2n) is 2.42. The number of carboxylic acid groups (broad SMARTS) is 3. The Kier molecular flexibility index (Phi) is 13.8. The molecule has 0 aromatic carbocycles. The van der Waals surface area contributed by atoms with Crippen molar-refractivity contribution in [3.8, 4) is 0 Å². The van der Waals surface area contributed by atoms with Gasteiger partial charge < -0.3 is 45.8 Å². The van der Waals surface area contributed by atoms with Crippen molar-refractivity contribution in [2.75, 3.05) is 0 Å². The molecule has 0 bridgehead atoms. The van der Waals surface area contributed by atoms with Gasteiger partial charge in [0, 0.05) is 24.8 Å². The summed E-state index contributed by atoms with van der Waals surface area (Å²) in [5.74, 6) is -5.98. The maximum Gasteiger partial charge on any atom is 1.00 e. The molecule has 90 valence electrons. The average molecular weight is 232 g/mol. The van der Waals surface area contributed by atoms with Gasteiger partial charge in [0.2, 0.25) is 0 Å². The van der Waals surface area contributed by atoms with Crippen LogP contribution in [0.5, 0.6) is 0 Å². The van der Waals surface area contributed by atoms with Gasteiger partial charge in [-0.05, 0) is 0 Å². The van der Waals surface area contributed by atoms with Crippen molar-refractivity contribution in [1.82, 2.24) is 0 Å². The number of aliphatic carboxylic acids is 3. The van der Waals surface area contributed by atoms with E-state index in [1.54, 1.807) is 0 Å². The fourth-order valence-corrected chi connectivity index (χ4v) is 0.684. The summed E-state index contributed by atoms with van der Waals surface area (Å²) in [7, 11) is 0. The van der Waals surface area contributed by atoms with Crippen LogP contribution in [0.15, 0.2) is 0 Å². The summed E-state index contributed by atoms with van der Waals surface area (Å²) in [5.41, 5.74) is -2.97. The number of carboxylic acids is 3. The van der Waals surface area contributed by atoms with Gasteiger partial charge in [-0.1, -0.05) is 0 Å². The first-order valence-corrected chi connectivity index (χ1v) is 3.11. The number of carbonyl (C=O) groups excluding carboxylic acids is 3. The zero-order valence-corrected chi connectivity index (χ0v) is 8.31. The summed E-state index contributed by atoms with van der Waals surface area (Å²) in [6.07, 6.45) is -2.72. The first-order valence-electron chi connectivity index (χ1n) is 3.11. The third-order valence-corrected chi connectivity index (χ3v) is 1.25. The van der Waals surface area contributed by atoms with E-state index in [0.29, 0.717) is 0 Å². The molecule has 5 N–H and O–H groups in total. The summed E-state index contributed by atoms with van der Waals surface area (Å²) in [4.78, 5) is 30.0. The maximum absolute atomic E-state index is 10.1. The van der Waals surface area contributed by atoms with Crippen LogP contribution < -0.4 is 34.2 Å². The molecule has 0 fully saturated rings. The third-order valence-electron chi connectivity index (χ3n) is 1.25. The van der Waals surface area contributed by atoms with Crippen molar-refractivity contribution >= 4 is 17.9 Å². The Labute approximate surface area is 101 Å². The van der Waals surface area contributed by atoms with Crippen LogP contribution in [0.4, 0.5) is 0 Å². The Bertz CT molecular complexity index is 234. The van der Waals surface area contributed by atoms with Crippen LogP contribution in [0, 0.1) is 0 Å². The smallest absolute Gasteiger partial charge is 0.550 e. The van der Waals surface area contributed by atoms with E-state index < -0.39 is 36.4 Å². The Morgan fingerprint density at radius 1 is 0.938 bits per heavy atom. The molecule has 0 rings (SSSR count). The zero-order valence-electron chi connectivity index (χ0n) is 8.31. The van der Waals surface area contributed by atoms with E-state index in [0.717, 1.165) is 0 Å². The van der Waals surface area contributed by atoms with Crippen LogP contribution >= 0.6 is 0 Å². The average Bonchev–Trinajstić information content (AvgIpc) is 1.82. The number of aliphatic hydroxyl groups is 1. The molecule has 0 aromatic heterocycles. The summed E-state index contributed by atoms with van der Waals surface area (Å²) in [6.45, 7) is 0. The molecule has 9 nitrogen and oxygen atoms in total. The Hall–Kier alpha value is -1.11. The van der Waals surface area contributed by atoms with E-state index in [4.69, 9.17) is 5.11 Å². The minimum absolute atomic E-state index is 0. The first kappa shape index (κ1) is 24.2. The van der Waals surface area contributed by atoms with Crippen molar-refractivity contribution in [3.05, 3.63) is 0 Å². The minimum atomic E-state index is -2.97. The van der Waals surface area contributed by atoms with Gasteiger partial charge in [-0.3, -0.25) is 0 Å². The van der Waals surface area contributed by atoms with E-state index >= 15 is 0 Å². The summed E-state index contributed by atoms with van der Waals surface area (Å²) in [6, 6.07) is 0. The van der Waals surface area contributed by atoms with E-state index in [1.807, 2.05) is 0 Å². The molecular formula is C6H9LiO9-2. The van der Waals surface area contributed by atoms with Crippen LogP contribution in [0.1, 0.15) is 12.8 Å². The van der Waals surface area contributed by atoms with Gasteiger partial charge in [0.05, 0.1) is 5.97 Å². The third kappa shape index (κ3) is 8.22. The number of rotatable bonds is 5. The van der Waals surface area contributed by atoms with Crippen molar-refractivity contribution in [2.24, 2.45) is 0 Å². The monoisotopic (exact) mass is 232 g/mol. The largest absolute Gasteiger partial charge is 1.00 e. The van der Waals surface area contributed by atoms with Crippen molar-refractivity contribution < 1.29 is 64.6 Å². The number of carbonyl (C=O) groups is 3. The standard InChI is InChI=1S/C6H8O7.Li.2H2O/c7-3(8)1-6(13,5(11)12)2-4(9)10;;;/h13H,1-2H2,(H,7,8)(H,9,10)(H,11,12);;2*1H2/q;+1;;/p-3. The molecule has 0 aliphatic carbocycles. The molecule has 0 aromatic rings. The van der Waals surface area contributed by atoms with Gasteiger partial charge in [0.1, 0.15) is 5.60 Å². The molecule has 0 atom stereocenters. The SMILES string of the molecule is O.O.O=C([O-])CC(O)(CC(=O)[O-])C(=O)[O-].[Li+]. The van der Waals surface area contributed by atoms with Gasteiger partial charge in [0.25, 0.3) is 0 Å². The van der Waals surface area contributed by atoms with Crippen LogP contribution in [-0.4, -0.2) is 39.6 Å². The van der Waals surface area contributed by atoms with E-state index in [-0.39, 0.29) is 29.8 Å². The normalized spacial score (nSPS) is 8.81. The fraction of sp³-hybridized carbons (Fsp3) is 0.500. The molecule has 0 radical (unpaired) electrons. The minimum Gasteiger partial charge on any atom is -0.550 e. The molecule has 0 heterocycles. The Balaban J connectivity index is -0.000000240. The van der Waals surface area contributed by atoms with Crippen molar-refractivity contribution in [3.63, 3.8) is 0 Å². The summed E-state index contributed by atoms with van der Waals surface area (Å²) in [5, 5.41) is 38.9. The molecule has 0 aliphatic rings. The van der Waals surface area contributed by atoms with Crippen molar-refractivity contribution in [1.29, 1.82) is 0 Å². The van der Waals surface area contributed by atoms with E-state index in [9.17, 15) is 29.7 Å².